The molecule has 0 N–H and O–H groups in total. The predicted octanol–water partition coefficient (Wildman–Crippen LogP) is 2.04. The van der Waals surface area contributed by atoms with Crippen LogP contribution < -0.4 is 0 Å². The highest BCUT2D eigenvalue weighted by Crippen LogP contribution is 2.17. The quantitative estimate of drug-likeness (QED) is 0.472. The van der Waals surface area contributed by atoms with Crippen LogP contribution in [0.15, 0.2) is 16.5 Å². The van der Waals surface area contributed by atoms with Gasteiger partial charge in [-0.1, -0.05) is 15.9 Å². The van der Waals surface area contributed by atoms with Crippen LogP contribution in [-0.4, -0.2) is 34.2 Å². The summed E-state index contributed by atoms with van der Waals surface area (Å²) in [5.74, 6) is -0.761. The van der Waals surface area contributed by atoms with Crippen LogP contribution in [0.1, 0.15) is 17.5 Å². The van der Waals surface area contributed by atoms with Crippen LogP contribution in [0, 0.1) is 10.1 Å². The minimum absolute atomic E-state index is 0.00509. The van der Waals surface area contributed by atoms with Crippen molar-refractivity contribution in [1.29, 1.82) is 0 Å². The van der Waals surface area contributed by atoms with Gasteiger partial charge in [-0.25, -0.2) is 0 Å². The molecule has 0 saturated heterocycles. The molecule has 1 aromatic heterocycles. The van der Waals surface area contributed by atoms with E-state index in [-0.39, 0.29) is 11.7 Å². The topological polar surface area (TPSA) is 76.6 Å². The maximum Gasteiger partial charge on any atom is 0.433 e. The fourth-order valence-electron chi connectivity index (χ4n) is 1.20. The summed E-state index contributed by atoms with van der Waals surface area (Å²) in [4.78, 5) is 23.0. The molecule has 0 aromatic carbocycles. The maximum atomic E-state index is 11.8. The number of hydrogen-bond acceptors (Lipinski definition) is 4. The zero-order chi connectivity index (χ0) is 12.1. The molecule has 0 aliphatic carbocycles. The van der Waals surface area contributed by atoms with Crippen molar-refractivity contribution in [1.82, 2.24) is 4.90 Å². The van der Waals surface area contributed by atoms with Gasteiger partial charge in [0, 0.05) is 18.4 Å². The van der Waals surface area contributed by atoms with Crippen molar-refractivity contribution >= 4 is 27.7 Å². The van der Waals surface area contributed by atoms with E-state index < -0.39 is 10.8 Å². The molecule has 16 heavy (non-hydrogen) atoms. The van der Waals surface area contributed by atoms with E-state index in [1.54, 1.807) is 0 Å². The zero-order valence-corrected chi connectivity index (χ0v) is 10.3. The average Bonchev–Trinajstić information content (AvgIpc) is 2.74. The number of amides is 1. The summed E-state index contributed by atoms with van der Waals surface area (Å²) in [6.45, 7) is 2.89. The Kier molecular flexibility index (Phi) is 4.48. The Morgan fingerprint density at radius 1 is 1.62 bits per heavy atom. The standard InChI is InChI=1S/C9H11BrN2O4/c1-2-11(6-5-10)9(13)7-3-4-8(16-7)12(14)15/h3-4H,2,5-6H2,1H3. The lowest BCUT2D eigenvalue weighted by molar-refractivity contribution is -0.402. The zero-order valence-electron chi connectivity index (χ0n) is 8.68. The highest BCUT2D eigenvalue weighted by atomic mass is 79.9. The summed E-state index contributed by atoms with van der Waals surface area (Å²) in [7, 11) is 0. The van der Waals surface area contributed by atoms with Gasteiger partial charge in [0.05, 0.1) is 6.07 Å². The predicted molar refractivity (Wildman–Crippen MR) is 60.7 cm³/mol. The van der Waals surface area contributed by atoms with E-state index in [0.717, 1.165) is 0 Å². The van der Waals surface area contributed by atoms with Crippen molar-refractivity contribution in [3.8, 4) is 0 Å². The number of nitro groups is 1. The molecule has 6 nitrogen and oxygen atoms in total. The van der Waals surface area contributed by atoms with E-state index >= 15 is 0 Å². The number of alkyl halides is 1. The van der Waals surface area contributed by atoms with Crippen molar-refractivity contribution in [2.45, 2.75) is 6.92 Å². The van der Waals surface area contributed by atoms with Crippen molar-refractivity contribution < 1.29 is 14.1 Å². The van der Waals surface area contributed by atoms with Crippen molar-refractivity contribution in [2.24, 2.45) is 0 Å². The highest BCUT2D eigenvalue weighted by Gasteiger charge is 2.20. The summed E-state index contributed by atoms with van der Waals surface area (Å²) in [6.07, 6.45) is 0. The number of furan rings is 1. The van der Waals surface area contributed by atoms with Crippen molar-refractivity contribution in [3.63, 3.8) is 0 Å². The molecule has 1 heterocycles. The molecule has 0 unspecified atom stereocenters. The molecule has 7 heteroatoms. The van der Waals surface area contributed by atoms with Gasteiger partial charge >= 0.3 is 5.88 Å². The lowest BCUT2D eigenvalue weighted by Gasteiger charge is -2.17. The van der Waals surface area contributed by atoms with Gasteiger partial charge in [-0.05, 0) is 13.0 Å². The van der Waals surface area contributed by atoms with Crippen LogP contribution in [0.25, 0.3) is 0 Å². The number of carbonyl (C=O) groups is 1. The van der Waals surface area contributed by atoms with E-state index in [1.807, 2.05) is 6.92 Å². The Hall–Kier alpha value is -1.37. The lowest BCUT2D eigenvalue weighted by Crippen LogP contribution is -2.32. The molecule has 1 amide bonds. The number of halogens is 1. The molecule has 0 aliphatic rings. The van der Waals surface area contributed by atoms with Gasteiger partial charge in [-0.2, -0.15) is 0 Å². The van der Waals surface area contributed by atoms with Crippen LogP contribution in [0.4, 0.5) is 5.88 Å². The Labute approximate surface area is 100 Å². The minimum Gasteiger partial charge on any atom is -0.395 e. The molecule has 88 valence electrons. The normalized spacial score (nSPS) is 10.1. The largest absolute Gasteiger partial charge is 0.433 e. The van der Waals surface area contributed by atoms with E-state index in [4.69, 9.17) is 4.42 Å². The molecule has 1 aromatic rings. The molecule has 0 radical (unpaired) electrons. The van der Waals surface area contributed by atoms with E-state index in [2.05, 4.69) is 15.9 Å². The first kappa shape index (κ1) is 12.7. The average molecular weight is 291 g/mol. The van der Waals surface area contributed by atoms with E-state index in [0.29, 0.717) is 18.4 Å². The van der Waals surface area contributed by atoms with Gasteiger partial charge in [-0.3, -0.25) is 14.9 Å². The van der Waals surface area contributed by atoms with Crippen molar-refractivity contribution in [3.05, 3.63) is 28.0 Å². The number of hydrogen-bond donors (Lipinski definition) is 0. The molecule has 0 fully saturated rings. The molecule has 1 rings (SSSR count). The fourth-order valence-corrected chi connectivity index (χ4v) is 1.63. The lowest BCUT2D eigenvalue weighted by atomic mass is 10.3. The number of carbonyl (C=O) groups excluding carboxylic acids is 1. The first-order valence-electron chi connectivity index (χ1n) is 4.69. The van der Waals surface area contributed by atoms with Gasteiger partial charge in [0.2, 0.25) is 0 Å². The Morgan fingerprint density at radius 2 is 2.31 bits per heavy atom. The second-order valence-electron chi connectivity index (χ2n) is 2.97. The summed E-state index contributed by atoms with van der Waals surface area (Å²) in [5, 5.41) is 11.0. The molecule has 0 bridgehead atoms. The van der Waals surface area contributed by atoms with Gasteiger partial charge in [-0.15, -0.1) is 0 Å². The molecule has 0 aliphatic heterocycles. The Balaban J connectivity index is 2.82. The third-order valence-corrected chi connectivity index (χ3v) is 2.36. The fraction of sp³-hybridized carbons (Fsp3) is 0.444. The molecule has 0 saturated carbocycles. The third kappa shape index (κ3) is 2.82. The van der Waals surface area contributed by atoms with Crippen LogP contribution in [-0.2, 0) is 0 Å². The molecular formula is C9H11BrN2O4. The summed E-state index contributed by atoms with van der Waals surface area (Å²) < 4.78 is 4.83. The molecule has 0 spiro atoms. The Morgan fingerprint density at radius 3 is 2.75 bits per heavy atom. The highest BCUT2D eigenvalue weighted by molar-refractivity contribution is 9.09. The first-order chi connectivity index (χ1) is 7.60. The minimum atomic E-state index is -0.669. The van der Waals surface area contributed by atoms with Gasteiger partial charge in [0.25, 0.3) is 5.91 Å². The van der Waals surface area contributed by atoms with Crippen LogP contribution >= 0.6 is 15.9 Å². The monoisotopic (exact) mass is 290 g/mol. The molecular weight excluding hydrogens is 280 g/mol. The summed E-state index contributed by atoms with van der Waals surface area (Å²) in [6, 6.07) is 2.49. The first-order valence-corrected chi connectivity index (χ1v) is 5.81. The molecule has 0 atom stereocenters. The van der Waals surface area contributed by atoms with Crippen LogP contribution in [0.3, 0.4) is 0 Å². The summed E-state index contributed by atoms with van der Waals surface area (Å²) in [5.41, 5.74) is 0. The van der Waals surface area contributed by atoms with E-state index in [1.165, 1.54) is 17.0 Å². The van der Waals surface area contributed by atoms with Crippen LogP contribution in [0.2, 0.25) is 0 Å². The SMILES string of the molecule is CCN(CCBr)C(=O)c1ccc([N+](=O)[O-])o1. The van der Waals surface area contributed by atoms with Crippen LogP contribution in [0.5, 0.6) is 0 Å². The third-order valence-electron chi connectivity index (χ3n) is 2.01. The number of nitrogens with zero attached hydrogens (tertiary/aromatic N) is 2. The second kappa shape index (κ2) is 5.64. The second-order valence-corrected chi connectivity index (χ2v) is 3.76. The van der Waals surface area contributed by atoms with Gasteiger partial charge in [0.1, 0.15) is 4.92 Å². The van der Waals surface area contributed by atoms with Gasteiger partial charge in [0.15, 0.2) is 5.76 Å². The number of rotatable bonds is 5. The van der Waals surface area contributed by atoms with Crippen molar-refractivity contribution in [2.75, 3.05) is 18.4 Å². The van der Waals surface area contributed by atoms with Gasteiger partial charge < -0.3 is 9.32 Å². The smallest absolute Gasteiger partial charge is 0.395 e. The maximum absolute atomic E-state index is 11.8. The summed E-state index contributed by atoms with van der Waals surface area (Å²) >= 11 is 3.23. The Bertz CT molecular complexity index is 391. The van der Waals surface area contributed by atoms with E-state index in [9.17, 15) is 14.9 Å².